The summed E-state index contributed by atoms with van der Waals surface area (Å²) >= 11 is 6.40. The van der Waals surface area contributed by atoms with Crippen LogP contribution in [0.3, 0.4) is 0 Å². The molecule has 0 saturated heterocycles. The van der Waals surface area contributed by atoms with Crippen LogP contribution >= 0.6 is 23.6 Å². The lowest BCUT2D eigenvalue weighted by atomic mass is 10.2. The SMILES string of the molecule is O=C(NNC(=O)c1c[nH]c(=S)n1-c1ccc(F)cc1)c1ccc(-c2ccc(F)cc2)s1. The molecule has 6 nitrogen and oxygen atoms in total. The molecular weight excluding hydrogens is 442 g/mol. The van der Waals surface area contributed by atoms with Crippen molar-refractivity contribution in [1.82, 2.24) is 20.4 Å². The molecule has 0 saturated carbocycles. The molecule has 4 aromatic rings. The zero-order valence-electron chi connectivity index (χ0n) is 15.7. The summed E-state index contributed by atoms with van der Waals surface area (Å²) < 4.78 is 27.9. The van der Waals surface area contributed by atoms with Gasteiger partial charge in [0.2, 0.25) is 0 Å². The van der Waals surface area contributed by atoms with Gasteiger partial charge in [0, 0.05) is 16.8 Å². The summed E-state index contributed by atoms with van der Waals surface area (Å²) in [6.07, 6.45) is 1.39. The fourth-order valence-electron chi connectivity index (χ4n) is 2.85. The Morgan fingerprint density at radius 3 is 2.16 bits per heavy atom. The molecule has 10 heteroatoms. The average molecular weight is 456 g/mol. The number of hydrogen-bond donors (Lipinski definition) is 3. The smallest absolute Gasteiger partial charge is 0.288 e. The molecule has 0 fully saturated rings. The Morgan fingerprint density at radius 1 is 0.871 bits per heavy atom. The van der Waals surface area contributed by atoms with Crippen molar-refractivity contribution < 1.29 is 18.4 Å². The Balaban J connectivity index is 1.46. The molecule has 156 valence electrons. The molecule has 0 atom stereocenters. The lowest BCUT2D eigenvalue weighted by molar-refractivity contribution is 0.0845. The molecule has 0 aliphatic carbocycles. The van der Waals surface area contributed by atoms with Crippen LogP contribution in [0.2, 0.25) is 0 Å². The lowest BCUT2D eigenvalue weighted by Crippen LogP contribution is -2.42. The zero-order valence-corrected chi connectivity index (χ0v) is 17.3. The summed E-state index contributed by atoms with van der Waals surface area (Å²) in [5.41, 5.74) is 6.11. The van der Waals surface area contributed by atoms with Crippen LogP contribution < -0.4 is 10.9 Å². The minimum absolute atomic E-state index is 0.134. The van der Waals surface area contributed by atoms with E-state index in [1.807, 2.05) is 0 Å². The van der Waals surface area contributed by atoms with E-state index >= 15 is 0 Å². The fourth-order valence-corrected chi connectivity index (χ4v) is 4.02. The molecule has 0 radical (unpaired) electrons. The van der Waals surface area contributed by atoms with E-state index in [0.29, 0.717) is 10.6 Å². The van der Waals surface area contributed by atoms with E-state index < -0.39 is 17.6 Å². The highest BCUT2D eigenvalue weighted by Gasteiger charge is 2.17. The van der Waals surface area contributed by atoms with Crippen molar-refractivity contribution in [3.05, 3.63) is 93.8 Å². The van der Waals surface area contributed by atoms with E-state index in [-0.39, 0.29) is 16.3 Å². The average Bonchev–Trinajstić information content (AvgIpc) is 3.40. The molecule has 2 aromatic heterocycles. The fraction of sp³-hybridized carbons (Fsp3) is 0. The summed E-state index contributed by atoms with van der Waals surface area (Å²) in [5, 5.41) is 0. The summed E-state index contributed by atoms with van der Waals surface area (Å²) in [5.74, 6) is -1.87. The van der Waals surface area contributed by atoms with Crippen molar-refractivity contribution in [2.24, 2.45) is 0 Å². The number of imidazole rings is 1. The maximum atomic E-state index is 13.2. The number of nitrogens with one attached hydrogen (secondary N) is 3. The Hall–Kier alpha value is -3.63. The third kappa shape index (κ3) is 4.44. The molecule has 0 aliphatic rings. The van der Waals surface area contributed by atoms with E-state index in [1.54, 1.807) is 24.3 Å². The first-order valence-electron chi connectivity index (χ1n) is 8.95. The first-order valence-corrected chi connectivity index (χ1v) is 10.2. The minimum atomic E-state index is -0.611. The van der Waals surface area contributed by atoms with E-state index in [2.05, 4.69) is 15.8 Å². The topological polar surface area (TPSA) is 78.9 Å². The standard InChI is InChI=1S/C21H14F2N4O2S2/c22-13-3-1-12(2-4-13)17-9-10-18(31-17)20(29)26-25-19(28)16-11-24-21(30)27(16)15-7-5-14(23)6-8-15/h1-11H,(H,24,30)(H,25,28)(H,26,29). The number of halogens is 2. The van der Waals surface area contributed by atoms with Gasteiger partial charge in [-0.1, -0.05) is 12.1 Å². The van der Waals surface area contributed by atoms with Crippen LogP contribution in [0.5, 0.6) is 0 Å². The highest BCUT2D eigenvalue weighted by atomic mass is 32.1. The number of carbonyl (C=O) groups is 2. The maximum Gasteiger partial charge on any atom is 0.288 e. The number of hydrazine groups is 1. The molecule has 4 rings (SSSR count). The first kappa shape index (κ1) is 20.6. The number of amides is 2. The highest BCUT2D eigenvalue weighted by Crippen LogP contribution is 2.28. The van der Waals surface area contributed by atoms with Gasteiger partial charge in [0.05, 0.1) is 4.88 Å². The van der Waals surface area contributed by atoms with Gasteiger partial charge in [0.1, 0.15) is 17.3 Å². The second-order valence-electron chi connectivity index (χ2n) is 6.37. The molecule has 2 heterocycles. The van der Waals surface area contributed by atoms with E-state index in [1.165, 1.54) is 58.5 Å². The third-order valence-corrected chi connectivity index (χ3v) is 5.78. The molecule has 0 aliphatic heterocycles. The van der Waals surface area contributed by atoms with Gasteiger partial charge in [-0.15, -0.1) is 11.3 Å². The maximum absolute atomic E-state index is 13.2. The number of aromatic nitrogens is 2. The second kappa shape index (κ2) is 8.62. The second-order valence-corrected chi connectivity index (χ2v) is 7.84. The number of carbonyl (C=O) groups excluding carboxylic acids is 2. The van der Waals surface area contributed by atoms with Crippen molar-refractivity contribution >= 4 is 35.4 Å². The van der Waals surface area contributed by atoms with Gasteiger partial charge in [-0.2, -0.15) is 0 Å². The van der Waals surface area contributed by atoms with Gasteiger partial charge in [-0.25, -0.2) is 8.78 Å². The Bertz CT molecular complexity index is 1310. The molecule has 2 amide bonds. The van der Waals surface area contributed by atoms with Crippen molar-refractivity contribution in [3.63, 3.8) is 0 Å². The monoisotopic (exact) mass is 456 g/mol. The molecule has 2 aromatic carbocycles. The highest BCUT2D eigenvalue weighted by molar-refractivity contribution is 7.71. The van der Waals surface area contributed by atoms with Crippen LogP contribution in [0.4, 0.5) is 8.78 Å². The summed E-state index contributed by atoms with van der Waals surface area (Å²) in [6, 6.07) is 14.8. The molecule has 3 N–H and O–H groups in total. The van der Waals surface area contributed by atoms with Gasteiger partial charge in [0.25, 0.3) is 11.8 Å². The van der Waals surface area contributed by atoms with Crippen LogP contribution in [0.15, 0.2) is 66.9 Å². The van der Waals surface area contributed by atoms with E-state index in [9.17, 15) is 18.4 Å². The number of aromatic amines is 1. The molecule has 0 spiro atoms. The van der Waals surface area contributed by atoms with Gasteiger partial charge in [-0.05, 0) is 66.3 Å². The summed E-state index contributed by atoms with van der Waals surface area (Å²) in [6.45, 7) is 0. The predicted octanol–water partition coefficient (Wildman–Crippen LogP) is 4.62. The van der Waals surface area contributed by atoms with Gasteiger partial charge < -0.3 is 4.98 Å². The van der Waals surface area contributed by atoms with Crippen molar-refractivity contribution in [3.8, 4) is 16.1 Å². The number of thiophene rings is 1. The number of H-pyrrole nitrogens is 1. The first-order chi connectivity index (χ1) is 14.9. The summed E-state index contributed by atoms with van der Waals surface area (Å²) in [7, 11) is 0. The molecular formula is C21H14F2N4O2S2. The normalized spacial score (nSPS) is 10.6. The lowest BCUT2D eigenvalue weighted by Gasteiger charge is -2.09. The Labute approximate surface area is 184 Å². The van der Waals surface area contributed by atoms with E-state index in [4.69, 9.17) is 12.2 Å². The number of rotatable bonds is 4. The molecule has 0 unspecified atom stereocenters. The van der Waals surface area contributed by atoms with Crippen LogP contribution in [0.25, 0.3) is 16.1 Å². The van der Waals surface area contributed by atoms with Crippen molar-refractivity contribution in [2.45, 2.75) is 0 Å². The van der Waals surface area contributed by atoms with Crippen LogP contribution in [-0.4, -0.2) is 21.4 Å². The van der Waals surface area contributed by atoms with Crippen molar-refractivity contribution in [2.75, 3.05) is 0 Å². The van der Waals surface area contributed by atoms with Crippen LogP contribution in [-0.2, 0) is 0 Å². The largest absolute Gasteiger partial charge is 0.336 e. The predicted molar refractivity (Wildman–Crippen MR) is 116 cm³/mol. The number of nitrogens with zero attached hydrogens (tertiary/aromatic N) is 1. The minimum Gasteiger partial charge on any atom is -0.336 e. The quantitative estimate of drug-likeness (QED) is 0.310. The van der Waals surface area contributed by atoms with Gasteiger partial charge in [-0.3, -0.25) is 25.0 Å². The zero-order chi connectivity index (χ0) is 22.0. The summed E-state index contributed by atoms with van der Waals surface area (Å²) in [4.78, 5) is 28.9. The van der Waals surface area contributed by atoms with Gasteiger partial charge in [0.15, 0.2) is 4.77 Å². The Morgan fingerprint density at radius 2 is 1.48 bits per heavy atom. The van der Waals surface area contributed by atoms with Crippen molar-refractivity contribution in [1.29, 1.82) is 0 Å². The number of hydrogen-bond acceptors (Lipinski definition) is 4. The van der Waals surface area contributed by atoms with Crippen LogP contribution in [0, 0.1) is 16.4 Å². The third-order valence-electron chi connectivity index (χ3n) is 4.34. The Kier molecular flexibility index (Phi) is 5.74. The molecule has 0 bridgehead atoms. The van der Waals surface area contributed by atoms with Crippen LogP contribution in [0.1, 0.15) is 20.2 Å². The van der Waals surface area contributed by atoms with E-state index in [0.717, 1.165) is 10.4 Å². The molecule has 31 heavy (non-hydrogen) atoms. The number of benzene rings is 2. The van der Waals surface area contributed by atoms with Gasteiger partial charge >= 0.3 is 0 Å².